The topological polar surface area (TPSA) is 104 Å². The molecule has 0 unspecified atom stereocenters. The summed E-state index contributed by atoms with van der Waals surface area (Å²) in [6, 6.07) is 13.5. The fourth-order valence-corrected chi connectivity index (χ4v) is 4.22. The second-order valence-corrected chi connectivity index (χ2v) is 8.46. The van der Waals surface area contributed by atoms with Gasteiger partial charge in [-0.2, -0.15) is 5.10 Å². The van der Waals surface area contributed by atoms with Gasteiger partial charge >= 0.3 is 5.97 Å². The van der Waals surface area contributed by atoms with Gasteiger partial charge in [-0.25, -0.2) is 9.50 Å². The Morgan fingerprint density at radius 2 is 1.78 bits per heavy atom. The van der Waals surface area contributed by atoms with Gasteiger partial charge in [-0.1, -0.05) is 18.2 Å². The van der Waals surface area contributed by atoms with Crippen molar-refractivity contribution < 1.29 is 23.8 Å². The van der Waals surface area contributed by atoms with Crippen LogP contribution in [-0.2, 0) is 27.2 Å². The Morgan fingerprint density at radius 1 is 1.00 bits per heavy atom. The molecule has 0 fully saturated rings. The molecule has 0 saturated carbocycles. The Labute approximate surface area is 209 Å². The lowest BCUT2D eigenvalue weighted by Crippen LogP contribution is -2.30. The molecule has 9 nitrogen and oxygen atoms in total. The van der Waals surface area contributed by atoms with E-state index in [0.717, 1.165) is 39.1 Å². The van der Waals surface area contributed by atoms with E-state index in [9.17, 15) is 9.59 Å². The van der Waals surface area contributed by atoms with E-state index in [4.69, 9.17) is 19.2 Å². The molecule has 0 radical (unpaired) electrons. The summed E-state index contributed by atoms with van der Waals surface area (Å²) in [7, 11) is 3.16. The number of methoxy groups -OCH3 is 2. The van der Waals surface area contributed by atoms with Crippen LogP contribution in [-0.4, -0.2) is 53.8 Å². The van der Waals surface area contributed by atoms with Crippen molar-refractivity contribution in [3.63, 3.8) is 0 Å². The Hall–Kier alpha value is -4.14. The lowest BCUT2D eigenvalue weighted by Gasteiger charge is -2.11. The van der Waals surface area contributed by atoms with Crippen LogP contribution >= 0.6 is 0 Å². The van der Waals surface area contributed by atoms with Gasteiger partial charge in [0.25, 0.3) is 5.91 Å². The number of benzene rings is 2. The van der Waals surface area contributed by atoms with Gasteiger partial charge in [-0.05, 0) is 62.1 Å². The van der Waals surface area contributed by atoms with Crippen molar-refractivity contribution in [3.8, 4) is 11.5 Å². The van der Waals surface area contributed by atoms with Crippen molar-refractivity contribution in [2.75, 3.05) is 27.4 Å². The molecule has 36 heavy (non-hydrogen) atoms. The predicted molar refractivity (Wildman–Crippen MR) is 136 cm³/mol. The number of aromatic nitrogens is 3. The summed E-state index contributed by atoms with van der Waals surface area (Å²) >= 11 is 0. The van der Waals surface area contributed by atoms with Crippen molar-refractivity contribution in [3.05, 3.63) is 65.0 Å². The lowest BCUT2D eigenvalue weighted by atomic mass is 10.1. The predicted octanol–water partition coefficient (Wildman–Crippen LogP) is 3.35. The molecule has 4 aromatic rings. The van der Waals surface area contributed by atoms with Gasteiger partial charge in [-0.15, -0.1) is 0 Å². The average molecular weight is 491 g/mol. The van der Waals surface area contributed by atoms with E-state index in [-0.39, 0.29) is 18.9 Å². The quantitative estimate of drug-likeness (QED) is 0.340. The number of amides is 1. The number of aryl methyl sites for hydroxylation is 2. The standard InChI is InChI=1S/C27H30N4O5/c1-17-20(18(2)31-27(29-17)21-7-5-6-8-22(21)30-31)10-12-26(33)36-16-25(32)28-14-13-19-9-11-23(34-3)24(15-19)35-4/h5-9,11,15H,10,12-14,16H2,1-4H3,(H,28,32). The van der Waals surface area contributed by atoms with Crippen LogP contribution in [0.25, 0.3) is 16.6 Å². The number of fused-ring (bicyclic) bond motifs is 3. The Bertz CT molecular complexity index is 1410. The van der Waals surface area contributed by atoms with Crippen molar-refractivity contribution in [1.82, 2.24) is 19.9 Å². The van der Waals surface area contributed by atoms with Crippen LogP contribution in [0.3, 0.4) is 0 Å². The molecule has 2 heterocycles. The molecular weight excluding hydrogens is 460 g/mol. The Morgan fingerprint density at radius 3 is 2.56 bits per heavy atom. The number of ether oxygens (including phenoxy) is 3. The molecule has 2 aromatic carbocycles. The highest BCUT2D eigenvalue weighted by atomic mass is 16.5. The van der Waals surface area contributed by atoms with Crippen LogP contribution in [0.2, 0.25) is 0 Å². The second-order valence-electron chi connectivity index (χ2n) is 8.46. The van der Waals surface area contributed by atoms with E-state index in [0.29, 0.717) is 30.9 Å². The largest absolute Gasteiger partial charge is 0.493 e. The maximum atomic E-state index is 12.3. The highest BCUT2D eigenvalue weighted by Crippen LogP contribution is 2.27. The molecule has 0 aliphatic heterocycles. The monoisotopic (exact) mass is 490 g/mol. The molecule has 2 aromatic heterocycles. The first kappa shape index (κ1) is 25.0. The fourth-order valence-electron chi connectivity index (χ4n) is 4.22. The van der Waals surface area contributed by atoms with Gasteiger partial charge in [0, 0.05) is 29.7 Å². The van der Waals surface area contributed by atoms with Gasteiger partial charge < -0.3 is 19.5 Å². The molecule has 0 atom stereocenters. The van der Waals surface area contributed by atoms with Crippen LogP contribution in [0.5, 0.6) is 11.5 Å². The first-order valence-corrected chi connectivity index (χ1v) is 11.8. The number of carbonyl (C=O) groups is 2. The summed E-state index contributed by atoms with van der Waals surface area (Å²) in [6.45, 7) is 4.00. The maximum Gasteiger partial charge on any atom is 0.306 e. The van der Waals surface area contributed by atoms with Crippen molar-refractivity contribution in [2.45, 2.75) is 33.1 Å². The van der Waals surface area contributed by atoms with Crippen molar-refractivity contribution in [2.24, 2.45) is 0 Å². The fraction of sp³-hybridized carbons (Fsp3) is 0.333. The number of carbonyl (C=O) groups excluding carboxylic acids is 2. The SMILES string of the molecule is COc1ccc(CCNC(=O)COC(=O)CCc2c(C)nc3c4ccccc4nn3c2C)cc1OC. The summed E-state index contributed by atoms with van der Waals surface area (Å²) < 4.78 is 17.5. The summed E-state index contributed by atoms with van der Waals surface area (Å²) in [5, 5.41) is 8.40. The highest BCUT2D eigenvalue weighted by Gasteiger charge is 2.16. The molecular formula is C27H30N4O5. The molecule has 4 rings (SSSR count). The van der Waals surface area contributed by atoms with Gasteiger partial charge in [0.05, 0.1) is 19.7 Å². The van der Waals surface area contributed by atoms with E-state index in [2.05, 4.69) is 10.4 Å². The summed E-state index contributed by atoms with van der Waals surface area (Å²) in [5.74, 6) is 0.504. The van der Waals surface area contributed by atoms with Crippen LogP contribution in [0.1, 0.15) is 28.9 Å². The molecule has 1 amide bonds. The third kappa shape index (κ3) is 5.40. The minimum atomic E-state index is -0.436. The number of rotatable bonds is 10. The van der Waals surface area contributed by atoms with Gasteiger partial charge in [-0.3, -0.25) is 9.59 Å². The van der Waals surface area contributed by atoms with Gasteiger partial charge in [0.2, 0.25) is 0 Å². The van der Waals surface area contributed by atoms with Gasteiger partial charge in [0.15, 0.2) is 23.8 Å². The van der Waals surface area contributed by atoms with E-state index in [1.807, 2.05) is 60.8 Å². The van der Waals surface area contributed by atoms with Gasteiger partial charge in [0.1, 0.15) is 0 Å². The smallest absolute Gasteiger partial charge is 0.306 e. The van der Waals surface area contributed by atoms with Crippen molar-refractivity contribution in [1.29, 1.82) is 0 Å². The molecule has 188 valence electrons. The zero-order valence-corrected chi connectivity index (χ0v) is 21.0. The maximum absolute atomic E-state index is 12.3. The number of nitrogens with zero attached hydrogens (tertiary/aromatic N) is 3. The first-order valence-electron chi connectivity index (χ1n) is 11.8. The Balaban J connectivity index is 1.26. The molecule has 1 N–H and O–H groups in total. The second kappa shape index (κ2) is 11.1. The molecule has 0 spiro atoms. The van der Waals surface area contributed by atoms with Crippen LogP contribution in [0.4, 0.5) is 0 Å². The normalized spacial score (nSPS) is 11.0. The minimum Gasteiger partial charge on any atom is -0.493 e. The highest BCUT2D eigenvalue weighted by molar-refractivity contribution is 5.92. The first-order chi connectivity index (χ1) is 17.4. The van der Waals surface area contributed by atoms with Crippen LogP contribution in [0.15, 0.2) is 42.5 Å². The van der Waals surface area contributed by atoms with E-state index in [1.165, 1.54) is 0 Å². The van der Waals surface area contributed by atoms with E-state index < -0.39 is 5.97 Å². The summed E-state index contributed by atoms with van der Waals surface area (Å²) in [6.07, 6.45) is 1.21. The van der Waals surface area contributed by atoms with E-state index >= 15 is 0 Å². The average Bonchev–Trinajstić information content (AvgIpc) is 3.26. The van der Waals surface area contributed by atoms with Crippen molar-refractivity contribution >= 4 is 28.4 Å². The molecule has 9 heteroatoms. The molecule has 0 saturated heterocycles. The number of nitrogens with one attached hydrogen (secondary N) is 1. The minimum absolute atomic E-state index is 0.147. The summed E-state index contributed by atoms with van der Waals surface area (Å²) in [5.41, 5.74) is 5.41. The van der Waals surface area contributed by atoms with E-state index in [1.54, 1.807) is 14.2 Å². The molecule has 0 aliphatic carbocycles. The number of hydrogen-bond acceptors (Lipinski definition) is 7. The zero-order valence-electron chi connectivity index (χ0n) is 21.0. The third-order valence-corrected chi connectivity index (χ3v) is 6.15. The number of hydrogen-bond donors (Lipinski definition) is 1. The lowest BCUT2D eigenvalue weighted by molar-refractivity contribution is -0.148. The zero-order chi connectivity index (χ0) is 25.7. The number of esters is 1. The molecule has 0 aliphatic rings. The van der Waals surface area contributed by atoms with Crippen LogP contribution in [0, 0.1) is 13.8 Å². The molecule has 0 bridgehead atoms. The summed E-state index contributed by atoms with van der Waals surface area (Å²) in [4.78, 5) is 29.1. The van der Waals surface area contributed by atoms with Crippen LogP contribution < -0.4 is 14.8 Å². The Kier molecular flexibility index (Phi) is 7.68. The third-order valence-electron chi connectivity index (χ3n) is 6.15.